The third-order valence-corrected chi connectivity index (χ3v) is 7.91. The number of hydrogen-bond donors (Lipinski definition) is 3. The molecule has 0 heterocycles. The van der Waals surface area contributed by atoms with Crippen LogP contribution in [0, 0.1) is 5.92 Å². The summed E-state index contributed by atoms with van der Waals surface area (Å²) < 4.78 is 5.99. The number of likely N-dealkylation sites (N-methyl/N-ethyl adjacent to an activating group) is 1. The fraction of sp³-hybridized carbons (Fsp3) is 0.353. The fourth-order valence-electron chi connectivity index (χ4n) is 5.25. The summed E-state index contributed by atoms with van der Waals surface area (Å²) in [6.45, 7) is 1.55. The van der Waals surface area contributed by atoms with Crippen molar-refractivity contribution < 1.29 is 29.0 Å². The number of ether oxygens (including phenoxy) is 1. The quantitative estimate of drug-likeness (QED) is 0.246. The normalized spacial score (nSPS) is 13.8. The molecule has 3 N–H and O–H groups in total. The average molecular weight is 601 g/mol. The maximum Gasteiger partial charge on any atom is 0.319 e. The highest BCUT2D eigenvalue weighted by Crippen LogP contribution is 2.32. The number of rotatable bonds is 12. The van der Waals surface area contributed by atoms with Gasteiger partial charge >= 0.3 is 12.0 Å². The molecular weight excluding hydrogens is 560 g/mol. The summed E-state index contributed by atoms with van der Waals surface area (Å²) in [5.41, 5.74) is 2.25. The zero-order valence-corrected chi connectivity index (χ0v) is 25.2. The van der Waals surface area contributed by atoms with Crippen molar-refractivity contribution in [3.8, 4) is 5.75 Å². The molecule has 44 heavy (non-hydrogen) atoms. The molecule has 10 heteroatoms. The lowest BCUT2D eigenvalue weighted by molar-refractivity contribution is -0.138. The van der Waals surface area contributed by atoms with Crippen LogP contribution in [0.4, 0.5) is 21.9 Å². The first-order chi connectivity index (χ1) is 21.2. The lowest BCUT2D eigenvalue weighted by Gasteiger charge is -2.31. The smallest absolute Gasteiger partial charge is 0.319 e. The number of para-hydroxylation sites is 3. The zero-order valence-electron chi connectivity index (χ0n) is 25.2. The molecule has 1 aliphatic rings. The highest BCUT2D eigenvalue weighted by molar-refractivity contribution is 6.00. The second-order valence-electron chi connectivity index (χ2n) is 11.0. The number of urea groups is 1. The van der Waals surface area contributed by atoms with E-state index >= 15 is 0 Å². The Balaban J connectivity index is 1.45. The number of carbonyl (C=O) groups is 4. The van der Waals surface area contributed by atoms with E-state index in [2.05, 4.69) is 10.6 Å². The van der Waals surface area contributed by atoms with Gasteiger partial charge in [-0.3, -0.25) is 14.4 Å². The van der Waals surface area contributed by atoms with Crippen LogP contribution in [-0.2, 0) is 14.4 Å². The molecule has 0 bridgehead atoms. The van der Waals surface area contributed by atoms with Gasteiger partial charge in [-0.2, -0.15) is 0 Å². The highest BCUT2D eigenvalue weighted by Gasteiger charge is 2.25. The SMILES string of the molecule is CC(C(=O)O)c1cccc(NC(=O)NCC(=O)N(CC2CCCCC2)c2ccccc2OCC(=O)N(C)c2ccccc2)c1. The molecule has 4 rings (SSSR count). The number of nitrogens with one attached hydrogen (secondary N) is 2. The van der Waals surface area contributed by atoms with E-state index in [0.717, 1.165) is 31.4 Å². The van der Waals surface area contributed by atoms with Gasteiger partial charge in [0.25, 0.3) is 5.91 Å². The number of anilines is 3. The first-order valence-electron chi connectivity index (χ1n) is 14.9. The lowest BCUT2D eigenvalue weighted by Crippen LogP contribution is -2.44. The van der Waals surface area contributed by atoms with Crippen LogP contribution in [0.5, 0.6) is 5.75 Å². The first-order valence-corrected chi connectivity index (χ1v) is 14.9. The van der Waals surface area contributed by atoms with Gasteiger partial charge in [-0.1, -0.05) is 61.7 Å². The maximum atomic E-state index is 13.7. The third kappa shape index (κ3) is 8.82. The summed E-state index contributed by atoms with van der Waals surface area (Å²) in [7, 11) is 1.69. The van der Waals surface area contributed by atoms with E-state index in [1.54, 1.807) is 61.3 Å². The molecular formula is C34H40N4O6. The van der Waals surface area contributed by atoms with Crippen LogP contribution in [0.15, 0.2) is 78.9 Å². The summed E-state index contributed by atoms with van der Waals surface area (Å²) in [6.07, 6.45) is 5.39. The molecule has 1 atom stereocenters. The van der Waals surface area contributed by atoms with Gasteiger partial charge in [-0.25, -0.2) is 4.79 Å². The van der Waals surface area contributed by atoms with Gasteiger partial charge in [0.15, 0.2) is 6.61 Å². The van der Waals surface area contributed by atoms with Crippen LogP contribution in [0.3, 0.4) is 0 Å². The van der Waals surface area contributed by atoms with Crippen LogP contribution in [0.2, 0.25) is 0 Å². The summed E-state index contributed by atoms with van der Waals surface area (Å²) >= 11 is 0. The van der Waals surface area contributed by atoms with Crippen LogP contribution >= 0.6 is 0 Å². The molecule has 0 aliphatic heterocycles. The Morgan fingerprint density at radius 1 is 0.909 bits per heavy atom. The van der Waals surface area contributed by atoms with Crippen LogP contribution in [0.25, 0.3) is 0 Å². The number of amides is 4. The number of benzene rings is 3. The maximum absolute atomic E-state index is 13.7. The summed E-state index contributed by atoms with van der Waals surface area (Å²) in [4.78, 5) is 53.8. The monoisotopic (exact) mass is 600 g/mol. The largest absolute Gasteiger partial charge is 0.482 e. The van der Waals surface area contributed by atoms with Crippen LogP contribution < -0.4 is 25.2 Å². The fourth-order valence-corrected chi connectivity index (χ4v) is 5.25. The van der Waals surface area contributed by atoms with Crippen molar-refractivity contribution in [3.05, 3.63) is 84.4 Å². The standard InChI is InChI=1S/C34H40N4O6/c1-24(33(41)42)26-14-11-15-27(20-26)36-34(43)35-21-31(39)38(22-25-12-5-3-6-13-25)29-18-9-10-19-30(29)44-23-32(40)37(2)28-16-7-4-8-17-28/h4,7-11,14-20,24-25H,3,5-6,12-13,21-23H2,1-2H3,(H,41,42)(H2,35,36,43). The summed E-state index contributed by atoms with van der Waals surface area (Å²) in [6, 6.07) is 22.4. The molecule has 0 saturated heterocycles. The molecule has 10 nitrogen and oxygen atoms in total. The van der Waals surface area contributed by atoms with E-state index < -0.39 is 17.9 Å². The number of carbonyl (C=O) groups excluding carboxylic acids is 3. The van der Waals surface area contributed by atoms with E-state index in [4.69, 9.17) is 4.74 Å². The number of nitrogens with zero attached hydrogens (tertiary/aromatic N) is 2. The Morgan fingerprint density at radius 2 is 1.61 bits per heavy atom. The van der Waals surface area contributed by atoms with E-state index in [9.17, 15) is 24.3 Å². The number of carboxylic acids is 1. The van der Waals surface area contributed by atoms with E-state index in [1.165, 1.54) is 11.3 Å². The predicted octanol–water partition coefficient (Wildman–Crippen LogP) is 5.65. The summed E-state index contributed by atoms with van der Waals surface area (Å²) in [5, 5.41) is 14.6. The van der Waals surface area contributed by atoms with Crippen molar-refractivity contribution in [1.29, 1.82) is 0 Å². The van der Waals surface area contributed by atoms with Gasteiger partial charge in [-0.05, 0) is 67.6 Å². The molecule has 1 aliphatic carbocycles. The third-order valence-electron chi connectivity index (χ3n) is 7.91. The van der Waals surface area contributed by atoms with Crippen LogP contribution in [-0.4, -0.2) is 55.7 Å². The molecule has 3 aromatic rings. The average Bonchev–Trinajstić information content (AvgIpc) is 3.05. The molecule has 0 aromatic heterocycles. The van der Waals surface area contributed by atoms with Crippen molar-refractivity contribution >= 4 is 40.9 Å². The van der Waals surface area contributed by atoms with Gasteiger partial charge < -0.3 is 30.3 Å². The number of carboxylic acid groups (broad SMARTS) is 1. The minimum absolute atomic E-state index is 0.214. The van der Waals surface area contributed by atoms with Crippen molar-refractivity contribution in [2.75, 3.05) is 41.9 Å². The molecule has 1 saturated carbocycles. The Labute approximate surface area is 258 Å². The summed E-state index contributed by atoms with van der Waals surface area (Å²) in [5.74, 6) is -1.54. The predicted molar refractivity (Wildman–Crippen MR) is 170 cm³/mol. The first kappa shape index (κ1) is 32.1. The lowest BCUT2D eigenvalue weighted by atomic mass is 9.89. The molecule has 4 amide bonds. The molecule has 3 aromatic carbocycles. The van der Waals surface area contributed by atoms with Gasteiger partial charge in [-0.15, -0.1) is 0 Å². The number of aliphatic carboxylic acids is 1. The minimum atomic E-state index is -0.966. The van der Waals surface area contributed by atoms with Gasteiger partial charge in [0.1, 0.15) is 5.75 Å². The van der Waals surface area contributed by atoms with Crippen molar-refractivity contribution in [2.45, 2.75) is 44.9 Å². The Hall–Kier alpha value is -4.86. The second kappa shape index (κ2) is 15.6. The zero-order chi connectivity index (χ0) is 31.5. The van der Waals surface area contributed by atoms with E-state index in [-0.39, 0.29) is 25.0 Å². The topological polar surface area (TPSA) is 128 Å². The van der Waals surface area contributed by atoms with Crippen LogP contribution in [0.1, 0.15) is 50.5 Å². The van der Waals surface area contributed by atoms with Gasteiger partial charge in [0, 0.05) is 25.0 Å². The molecule has 0 radical (unpaired) electrons. The molecule has 1 fully saturated rings. The van der Waals surface area contributed by atoms with Crippen molar-refractivity contribution in [2.24, 2.45) is 5.92 Å². The minimum Gasteiger partial charge on any atom is -0.482 e. The van der Waals surface area contributed by atoms with Gasteiger partial charge in [0.2, 0.25) is 5.91 Å². The second-order valence-corrected chi connectivity index (χ2v) is 11.0. The van der Waals surface area contributed by atoms with E-state index in [1.807, 2.05) is 36.4 Å². The molecule has 1 unspecified atom stereocenters. The molecule has 232 valence electrons. The Kier molecular flexibility index (Phi) is 11.3. The Bertz CT molecular complexity index is 1440. The van der Waals surface area contributed by atoms with Crippen molar-refractivity contribution in [3.63, 3.8) is 0 Å². The number of hydrogen-bond acceptors (Lipinski definition) is 5. The highest BCUT2D eigenvalue weighted by atomic mass is 16.5. The Morgan fingerprint density at radius 3 is 2.34 bits per heavy atom. The van der Waals surface area contributed by atoms with E-state index in [0.29, 0.717) is 35.2 Å². The van der Waals surface area contributed by atoms with Crippen molar-refractivity contribution in [1.82, 2.24) is 5.32 Å². The molecule has 0 spiro atoms. The van der Waals surface area contributed by atoms with Gasteiger partial charge in [0.05, 0.1) is 18.2 Å².